The molecule has 1 atom stereocenters. The van der Waals surface area contributed by atoms with Gasteiger partial charge in [-0.1, -0.05) is 37.3 Å². The summed E-state index contributed by atoms with van der Waals surface area (Å²) in [6, 6.07) is 9.61. The second kappa shape index (κ2) is 7.59. The quantitative estimate of drug-likeness (QED) is 0.730. The van der Waals surface area contributed by atoms with Crippen LogP contribution in [0, 0.1) is 0 Å². The summed E-state index contributed by atoms with van der Waals surface area (Å²) in [5.41, 5.74) is 1.93. The minimum absolute atomic E-state index is 0.416. The third kappa shape index (κ3) is 3.92. The smallest absolute Gasteiger partial charge is 0.134 e. The minimum Gasteiger partial charge on any atom is -0.387 e. The van der Waals surface area contributed by atoms with E-state index >= 15 is 0 Å². The largest absolute Gasteiger partial charge is 0.387 e. The van der Waals surface area contributed by atoms with Crippen molar-refractivity contribution in [1.29, 1.82) is 0 Å². The van der Waals surface area contributed by atoms with Crippen molar-refractivity contribution >= 4 is 11.6 Å². The highest BCUT2D eigenvalue weighted by atomic mass is 16.3. The Morgan fingerprint density at radius 1 is 1.05 bits per heavy atom. The number of anilines is 2. The van der Waals surface area contributed by atoms with E-state index in [2.05, 4.69) is 27.5 Å². The van der Waals surface area contributed by atoms with Gasteiger partial charge in [0.05, 0.1) is 6.10 Å². The molecule has 2 aromatic rings. The van der Waals surface area contributed by atoms with Crippen LogP contribution in [0.25, 0.3) is 0 Å². The molecule has 1 aromatic carbocycles. The van der Waals surface area contributed by atoms with Gasteiger partial charge in [-0.05, 0) is 18.9 Å². The molecule has 0 saturated carbocycles. The van der Waals surface area contributed by atoms with Gasteiger partial charge in [-0.3, -0.25) is 0 Å². The normalized spacial score (nSPS) is 12.0. The Morgan fingerprint density at radius 3 is 2.33 bits per heavy atom. The molecule has 0 bridgehead atoms. The third-order valence-corrected chi connectivity index (χ3v) is 3.29. The summed E-state index contributed by atoms with van der Waals surface area (Å²) in [5, 5.41) is 16.6. The first-order valence-electron chi connectivity index (χ1n) is 7.30. The summed E-state index contributed by atoms with van der Waals surface area (Å²) in [4.78, 5) is 8.55. The highest BCUT2D eigenvalue weighted by Gasteiger charge is 2.11. The summed E-state index contributed by atoms with van der Waals surface area (Å²) >= 11 is 0. The van der Waals surface area contributed by atoms with E-state index in [9.17, 15) is 5.11 Å². The molecule has 0 amide bonds. The standard InChI is InChI=1S/C16H22N4O/c1-3-13-15(17-4-2)19-11-20-16(13)18-10-14(21)12-8-6-5-7-9-12/h5-9,11,14,21H,3-4,10H2,1-2H3,(H2,17,18,19,20). The van der Waals surface area contributed by atoms with E-state index in [4.69, 9.17) is 0 Å². The summed E-state index contributed by atoms with van der Waals surface area (Å²) in [7, 11) is 0. The zero-order valence-corrected chi connectivity index (χ0v) is 12.5. The zero-order valence-electron chi connectivity index (χ0n) is 12.5. The highest BCUT2D eigenvalue weighted by molar-refractivity contribution is 5.57. The van der Waals surface area contributed by atoms with Crippen LogP contribution < -0.4 is 10.6 Å². The van der Waals surface area contributed by atoms with Crippen molar-refractivity contribution in [2.24, 2.45) is 0 Å². The molecule has 1 unspecified atom stereocenters. The Morgan fingerprint density at radius 2 is 1.71 bits per heavy atom. The van der Waals surface area contributed by atoms with Crippen LogP contribution in [0.1, 0.15) is 31.1 Å². The van der Waals surface area contributed by atoms with Crippen molar-refractivity contribution in [2.75, 3.05) is 23.7 Å². The van der Waals surface area contributed by atoms with E-state index < -0.39 is 6.10 Å². The molecule has 5 heteroatoms. The molecule has 2 rings (SSSR count). The molecule has 1 heterocycles. The summed E-state index contributed by atoms with van der Waals surface area (Å²) in [6.07, 6.45) is 1.80. The minimum atomic E-state index is -0.562. The van der Waals surface area contributed by atoms with Gasteiger partial charge < -0.3 is 15.7 Å². The molecule has 5 nitrogen and oxygen atoms in total. The van der Waals surface area contributed by atoms with Crippen molar-refractivity contribution < 1.29 is 5.11 Å². The molecule has 21 heavy (non-hydrogen) atoms. The van der Waals surface area contributed by atoms with Gasteiger partial charge in [-0.25, -0.2) is 9.97 Å². The lowest BCUT2D eigenvalue weighted by molar-refractivity contribution is 0.191. The van der Waals surface area contributed by atoms with E-state index in [1.807, 2.05) is 37.3 Å². The van der Waals surface area contributed by atoms with Crippen LogP contribution in [0.3, 0.4) is 0 Å². The van der Waals surface area contributed by atoms with Gasteiger partial charge in [0.1, 0.15) is 18.0 Å². The average molecular weight is 286 g/mol. The third-order valence-electron chi connectivity index (χ3n) is 3.29. The fourth-order valence-corrected chi connectivity index (χ4v) is 2.21. The van der Waals surface area contributed by atoms with Crippen LogP contribution in [0.15, 0.2) is 36.7 Å². The number of aliphatic hydroxyl groups is 1. The monoisotopic (exact) mass is 286 g/mol. The van der Waals surface area contributed by atoms with Crippen LogP contribution in [-0.4, -0.2) is 28.2 Å². The van der Waals surface area contributed by atoms with E-state index in [0.717, 1.165) is 35.7 Å². The molecule has 112 valence electrons. The van der Waals surface area contributed by atoms with Gasteiger partial charge in [-0.2, -0.15) is 0 Å². The average Bonchev–Trinajstić information content (AvgIpc) is 2.54. The van der Waals surface area contributed by atoms with Gasteiger partial charge >= 0.3 is 0 Å². The molecule has 0 aliphatic rings. The van der Waals surface area contributed by atoms with E-state index in [1.54, 1.807) is 0 Å². The van der Waals surface area contributed by atoms with E-state index in [1.165, 1.54) is 6.33 Å². The van der Waals surface area contributed by atoms with Crippen LogP contribution in [0.2, 0.25) is 0 Å². The Kier molecular flexibility index (Phi) is 5.51. The Bertz CT molecular complexity index is 559. The lowest BCUT2D eigenvalue weighted by atomic mass is 10.1. The molecule has 3 N–H and O–H groups in total. The zero-order chi connectivity index (χ0) is 15.1. The van der Waals surface area contributed by atoms with Crippen molar-refractivity contribution in [3.05, 3.63) is 47.8 Å². The fraction of sp³-hybridized carbons (Fsp3) is 0.375. The maximum absolute atomic E-state index is 10.2. The van der Waals surface area contributed by atoms with Gasteiger partial charge in [0.15, 0.2) is 0 Å². The SMILES string of the molecule is CCNc1ncnc(NCC(O)c2ccccc2)c1CC. The number of hydrogen-bond acceptors (Lipinski definition) is 5. The number of benzene rings is 1. The topological polar surface area (TPSA) is 70.1 Å². The molecule has 0 fully saturated rings. The second-order valence-corrected chi connectivity index (χ2v) is 4.74. The maximum Gasteiger partial charge on any atom is 0.134 e. The predicted molar refractivity (Wildman–Crippen MR) is 85.5 cm³/mol. The first-order valence-corrected chi connectivity index (χ1v) is 7.30. The number of nitrogens with zero attached hydrogens (tertiary/aromatic N) is 2. The first-order chi connectivity index (χ1) is 10.3. The fourth-order valence-electron chi connectivity index (χ4n) is 2.21. The van der Waals surface area contributed by atoms with Crippen molar-refractivity contribution in [3.63, 3.8) is 0 Å². The van der Waals surface area contributed by atoms with Crippen LogP contribution in [0.4, 0.5) is 11.6 Å². The van der Waals surface area contributed by atoms with Crippen LogP contribution in [-0.2, 0) is 6.42 Å². The van der Waals surface area contributed by atoms with Crippen LogP contribution in [0.5, 0.6) is 0 Å². The molecule has 0 saturated heterocycles. The summed E-state index contributed by atoms with van der Waals surface area (Å²) in [5.74, 6) is 1.63. The van der Waals surface area contributed by atoms with E-state index in [0.29, 0.717) is 6.54 Å². The number of aromatic nitrogens is 2. The lowest BCUT2D eigenvalue weighted by Crippen LogP contribution is -2.15. The van der Waals surface area contributed by atoms with Crippen molar-refractivity contribution in [1.82, 2.24) is 9.97 Å². The second-order valence-electron chi connectivity index (χ2n) is 4.74. The molecule has 1 aromatic heterocycles. The van der Waals surface area contributed by atoms with Gasteiger partial charge in [0.2, 0.25) is 0 Å². The first kappa shape index (κ1) is 15.3. The predicted octanol–water partition coefficient (Wildman–Crippen LogP) is 2.62. The Labute approximate surface area is 125 Å². The van der Waals surface area contributed by atoms with Crippen LogP contribution >= 0.6 is 0 Å². The Hall–Kier alpha value is -2.14. The molecule has 0 spiro atoms. The number of rotatable bonds is 7. The van der Waals surface area contributed by atoms with Gasteiger partial charge in [0, 0.05) is 18.7 Å². The molecule has 0 aliphatic heterocycles. The molecular weight excluding hydrogens is 264 g/mol. The summed E-state index contributed by atoms with van der Waals surface area (Å²) < 4.78 is 0. The number of nitrogens with one attached hydrogen (secondary N) is 2. The highest BCUT2D eigenvalue weighted by Crippen LogP contribution is 2.21. The lowest BCUT2D eigenvalue weighted by Gasteiger charge is -2.16. The Balaban J connectivity index is 2.07. The van der Waals surface area contributed by atoms with Crippen molar-refractivity contribution in [2.45, 2.75) is 26.4 Å². The number of hydrogen-bond donors (Lipinski definition) is 3. The molecule has 0 radical (unpaired) electrons. The van der Waals surface area contributed by atoms with Crippen molar-refractivity contribution in [3.8, 4) is 0 Å². The molecule has 0 aliphatic carbocycles. The maximum atomic E-state index is 10.2. The number of aliphatic hydroxyl groups excluding tert-OH is 1. The van der Waals surface area contributed by atoms with E-state index in [-0.39, 0.29) is 0 Å². The molecular formula is C16H22N4O. The van der Waals surface area contributed by atoms with Gasteiger partial charge in [-0.15, -0.1) is 0 Å². The summed E-state index contributed by atoms with van der Waals surface area (Å²) in [6.45, 7) is 5.34. The van der Waals surface area contributed by atoms with Gasteiger partial charge in [0.25, 0.3) is 0 Å².